The number of likely N-dealkylation sites (tertiary alicyclic amines) is 1. The molecule has 5 nitrogen and oxygen atoms in total. The molecule has 0 aromatic heterocycles. The van der Waals surface area contributed by atoms with Crippen LogP contribution in [0.1, 0.15) is 30.9 Å². The molecule has 0 spiro atoms. The van der Waals surface area contributed by atoms with Crippen LogP contribution in [0.15, 0.2) is 60.7 Å². The summed E-state index contributed by atoms with van der Waals surface area (Å²) in [6.45, 7) is 1.78. The SMILES string of the molecule is O=C(Nc1ccccc1)C(NCC(=O)N1CCCCC1)c1ccccc1. The number of anilines is 1. The molecule has 0 bridgehead atoms. The standard InChI is InChI=1S/C21H25N3O2/c25-19(24-14-8-3-9-15-24)16-22-20(17-10-4-1-5-11-17)21(26)23-18-12-6-2-7-13-18/h1-2,4-7,10-13,20,22H,3,8-9,14-16H2,(H,23,26). The average molecular weight is 351 g/mol. The Bertz CT molecular complexity index is 713. The summed E-state index contributed by atoms with van der Waals surface area (Å²) in [6, 6.07) is 18.3. The molecule has 0 radical (unpaired) electrons. The van der Waals surface area contributed by atoms with Crippen LogP contribution in [0.3, 0.4) is 0 Å². The number of hydrogen-bond donors (Lipinski definition) is 2. The monoisotopic (exact) mass is 351 g/mol. The summed E-state index contributed by atoms with van der Waals surface area (Å²) in [5.74, 6) is -0.119. The van der Waals surface area contributed by atoms with Crippen LogP contribution >= 0.6 is 0 Å². The van der Waals surface area contributed by atoms with Crippen molar-refractivity contribution in [2.45, 2.75) is 25.3 Å². The summed E-state index contributed by atoms with van der Waals surface area (Å²) in [7, 11) is 0. The maximum atomic E-state index is 12.8. The lowest BCUT2D eigenvalue weighted by molar-refractivity contribution is -0.131. The lowest BCUT2D eigenvalue weighted by atomic mass is 10.1. The fourth-order valence-electron chi connectivity index (χ4n) is 3.19. The van der Waals surface area contributed by atoms with Crippen LogP contribution in [-0.2, 0) is 9.59 Å². The lowest BCUT2D eigenvalue weighted by Crippen LogP contribution is -2.44. The zero-order valence-electron chi connectivity index (χ0n) is 14.9. The molecule has 1 atom stereocenters. The number of benzene rings is 2. The molecule has 1 unspecified atom stereocenters. The van der Waals surface area contributed by atoms with Crippen LogP contribution in [0.5, 0.6) is 0 Å². The van der Waals surface area contributed by atoms with Gasteiger partial charge in [-0.1, -0.05) is 48.5 Å². The third kappa shape index (κ3) is 4.92. The van der Waals surface area contributed by atoms with Gasteiger partial charge in [-0.15, -0.1) is 0 Å². The molecule has 0 aliphatic carbocycles. The Morgan fingerprint density at radius 2 is 1.50 bits per heavy atom. The fourth-order valence-corrected chi connectivity index (χ4v) is 3.19. The van der Waals surface area contributed by atoms with Crippen molar-refractivity contribution < 1.29 is 9.59 Å². The lowest BCUT2D eigenvalue weighted by Gasteiger charge is -2.28. The minimum atomic E-state index is -0.579. The van der Waals surface area contributed by atoms with Gasteiger partial charge >= 0.3 is 0 Å². The van der Waals surface area contributed by atoms with Gasteiger partial charge in [-0.2, -0.15) is 0 Å². The highest BCUT2D eigenvalue weighted by Gasteiger charge is 2.23. The molecule has 2 aromatic carbocycles. The summed E-state index contributed by atoms with van der Waals surface area (Å²) < 4.78 is 0. The van der Waals surface area contributed by atoms with Gasteiger partial charge in [0.2, 0.25) is 11.8 Å². The van der Waals surface area contributed by atoms with Crippen molar-refractivity contribution in [1.29, 1.82) is 0 Å². The summed E-state index contributed by atoms with van der Waals surface area (Å²) in [4.78, 5) is 27.1. The van der Waals surface area contributed by atoms with Crippen LogP contribution in [0, 0.1) is 0 Å². The normalized spacial score (nSPS) is 15.3. The first kappa shape index (κ1) is 18.1. The first-order valence-corrected chi connectivity index (χ1v) is 9.16. The number of carbonyl (C=O) groups is 2. The Hall–Kier alpha value is -2.66. The number of amides is 2. The molecule has 5 heteroatoms. The van der Waals surface area contributed by atoms with Crippen molar-refractivity contribution in [3.05, 3.63) is 66.2 Å². The van der Waals surface area contributed by atoms with Crippen molar-refractivity contribution in [2.75, 3.05) is 25.0 Å². The third-order valence-corrected chi connectivity index (χ3v) is 4.60. The quantitative estimate of drug-likeness (QED) is 0.841. The number of hydrogen-bond acceptors (Lipinski definition) is 3. The van der Waals surface area contributed by atoms with Gasteiger partial charge in [-0.05, 0) is 37.0 Å². The number of rotatable bonds is 6. The molecule has 136 valence electrons. The maximum Gasteiger partial charge on any atom is 0.246 e. The molecular formula is C21H25N3O2. The second kappa shape index (κ2) is 9.15. The van der Waals surface area contributed by atoms with E-state index in [-0.39, 0.29) is 18.4 Å². The topological polar surface area (TPSA) is 61.4 Å². The summed E-state index contributed by atoms with van der Waals surface area (Å²) in [5.41, 5.74) is 1.58. The van der Waals surface area contributed by atoms with Crippen molar-refractivity contribution in [1.82, 2.24) is 10.2 Å². The smallest absolute Gasteiger partial charge is 0.246 e. The van der Waals surface area contributed by atoms with E-state index in [1.165, 1.54) is 6.42 Å². The zero-order valence-corrected chi connectivity index (χ0v) is 14.9. The van der Waals surface area contributed by atoms with Gasteiger partial charge in [-0.25, -0.2) is 0 Å². The zero-order chi connectivity index (χ0) is 18.2. The van der Waals surface area contributed by atoms with E-state index in [4.69, 9.17) is 0 Å². The summed E-state index contributed by atoms with van der Waals surface area (Å²) >= 11 is 0. The van der Waals surface area contributed by atoms with Crippen LogP contribution in [0.4, 0.5) is 5.69 Å². The molecular weight excluding hydrogens is 326 g/mol. The number of carbonyl (C=O) groups excluding carboxylic acids is 2. The van der Waals surface area contributed by atoms with E-state index >= 15 is 0 Å². The molecule has 0 saturated carbocycles. The summed E-state index contributed by atoms with van der Waals surface area (Å²) in [6.07, 6.45) is 3.30. The van der Waals surface area contributed by atoms with Gasteiger partial charge in [0, 0.05) is 18.8 Å². The highest BCUT2D eigenvalue weighted by Crippen LogP contribution is 2.16. The molecule has 1 aliphatic rings. The Balaban J connectivity index is 1.67. The van der Waals surface area contributed by atoms with E-state index < -0.39 is 6.04 Å². The first-order valence-electron chi connectivity index (χ1n) is 9.16. The van der Waals surface area contributed by atoms with Crippen LogP contribution in [0.2, 0.25) is 0 Å². The van der Waals surface area contributed by atoms with Crippen LogP contribution in [0.25, 0.3) is 0 Å². The van der Waals surface area contributed by atoms with Gasteiger partial charge in [0.15, 0.2) is 0 Å². The Labute approximate surface area is 154 Å². The van der Waals surface area contributed by atoms with E-state index in [0.29, 0.717) is 0 Å². The average Bonchev–Trinajstić information content (AvgIpc) is 2.70. The van der Waals surface area contributed by atoms with E-state index in [0.717, 1.165) is 37.2 Å². The van der Waals surface area contributed by atoms with Gasteiger partial charge in [0.05, 0.1) is 6.54 Å². The van der Waals surface area contributed by atoms with Crippen molar-refractivity contribution in [3.63, 3.8) is 0 Å². The molecule has 3 rings (SSSR count). The number of nitrogens with zero attached hydrogens (tertiary/aromatic N) is 1. The van der Waals surface area contributed by atoms with E-state index in [1.807, 2.05) is 65.6 Å². The summed E-state index contributed by atoms with van der Waals surface area (Å²) in [5, 5.41) is 6.07. The molecule has 2 aromatic rings. The minimum Gasteiger partial charge on any atom is -0.342 e. The third-order valence-electron chi connectivity index (χ3n) is 4.60. The largest absolute Gasteiger partial charge is 0.342 e. The molecule has 1 saturated heterocycles. The minimum absolute atomic E-state index is 0.0538. The Morgan fingerprint density at radius 1 is 0.885 bits per heavy atom. The fraction of sp³-hybridized carbons (Fsp3) is 0.333. The van der Waals surface area contributed by atoms with Crippen LogP contribution in [-0.4, -0.2) is 36.3 Å². The molecule has 2 amide bonds. The molecule has 1 aliphatic heterocycles. The molecule has 2 N–H and O–H groups in total. The Kier molecular flexibility index (Phi) is 6.39. The molecule has 26 heavy (non-hydrogen) atoms. The number of nitrogens with one attached hydrogen (secondary N) is 2. The van der Waals surface area contributed by atoms with E-state index in [2.05, 4.69) is 10.6 Å². The van der Waals surface area contributed by atoms with Crippen LogP contribution < -0.4 is 10.6 Å². The van der Waals surface area contributed by atoms with Gasteiger partial charge < -0.3 is 10.2 Å². The van der Waals surface area contributed by atoms with E-state index in [9.17, 15) is 9.59 Å². The molecule has 1 heterocycles. The van der Waals surface area contributed by atoms with Gasteiger partial charge in [-0.3, -0.25) is 14.9 Å². The van der Waals surface area contributed by atoms with E-state index in [1.54, 1.807) is 0 Å². The predicted octanol–water partition coefficient (Wildman–Crippen LogP) is 2.97. The molecule has 1 fully saturated rings. The maximum absolute atomic E-state index is 12.8. The Morgan fingerprint density at radius 3 is 2.15 bits per heavy atom. The number of piperidine rings is 1. The first-order chi connectivity index (χ1) is 12.7. The highest BCUT2D eigenvalue weighted by atomic mass is 16.2. The van der Waals surface area contributed by atoms with Crippen molar-refractivity contribution in [2.24, 2.45) is 0 Å². The predicted molar refractivity (Wildman–Crippen MR) is 103 cm³/mol. The van der Waals surface area contributed by atoms with Crippen molar-refractivity contribution >= 4 is 17.5 Å². The van der Waals surface area contributed by atoms with Gasteiger partial charge in [0.25, 0.3) is 0 Å². The van der Waals surface area contributed by atoms with Gasteiger partial charge in [0.1, 0.15) is 6.04 Å². The second-order valence-electron chi connectivity index (χ2n) is 6.52. The second-order valence-corrected chi connectivity index (χ2v) is 6.52. The number of para-hydroxylation sites is 1. The van der Waals surface area contributed by atoms with Crippen molar-refractivity contribution in [3.8, 4) is 0 Å². The highest BCUT2D eigenvalue weighted by molar-refractivity contribution is 5.95.